The summed E-state index contributed by atoms with van der Waals surface area (Å²) in [4.78, 5) is 4.29. The van der Waals surface area contributed by atoms with Gasteiger partial charge in [0, 0.05) is 32.2 Å². The van der Waals surface area contributed by atoms with Crippen molar-refractivity contribution in [1.82, 2.24) is 14.8 Å². The molecule has 1 aliphatic heterocycles. The van der Waals surface area contributed by atoms with E-state index in [2.05, 4.69) is 23.9 Å². The van der Waals surface area contributed by atoms with Crippen LogP contribution in [0.3, 0.4) is 0 Å². The number of ether oxygens (including phenoxy) is 1. The van der Waals surface area contributed by atoms with Crippen molar-refractivity contribution >= 4 is 0 Å². The Balaban J connectivity index is 1.98. The van der Waals surface area contributed by atoms with Gasteiger partial charge in [0.25, 0.3) is 0 Å². The third-order valence-corrected chi connectivity index (χ3v) is 3.67. The molecule has 5 nitrogen and oxygen atoms in total. The molecule has 3 unspecified atom stereocenters. The van der Waals surface area contributed by atoms with Crippen LogP contribution in [0.4, 0.5) is 0 Å². The van der Waals surface area contributed by atoms with Gasteiger partial charge in [-0.05, 0) is 25.2 Å². The van der Waals surface area contributed by atoms with Crippen LogP contribution in [0.1, 0.15) is 26.1 Å². The van der Waals surface area contributed by atoms with Crippen molar-refractivity contribution in [2.45, 2.75) is 39.3 Å². The van der Waals surface area contributed by atoms with Gasteiger partial charge in [-0.25, -0.2) is 4.98 Å². The summed E-state index contributed by atoms with van der Waals surface area (Å²) in [7, 11) is 0. The van der Waals surface area contributed by atoms with Crippen LogP contribution in [0.15, 0.2) is 6.33 Å². The summed E-state index contributed by atoms with van der Waals surface area (Å²) < 4.78 is 7.37. The predicted molar refractivity (Wildman–Crippen MR) is 65.5 cm³/mol. The van der Waals surface area contributed by atoms with E-state index < -0.39 is 0 Å². The molecule has 0 aliphatic carbocycles. The van der Waals surface area contributed by atoms with E-state index in [-0.39, 0.29) is 6.04 Å². The Morgan fingerprint density at radius 1 is 1.65 bits per heavy atom. The maximum absolute atomic E-state index is 6.32. The van der Waals surface area contributed by atoms with Gasteiger partial charge in [0.1, 0.15) is 12.2 Å². The van der Waals surface area contributed by atoms with E-state index in [1.54, 1.807) is 6.33 Å². The molecule has 2 heterocycles. The highest BCUT2D eigenvalue weighted by atomic mass is 16.5. The minimum absolute atomic E-state index is 0.156. The molecule has 1 aromatic heterocycles. The molecular formula is C12H22N4O. The van der Waals surface area contributed by atoms with E-state index in [0.29, 0.717) is 11.8 Å². The number of rotatable bonds is 4. The smallest absolute Gasteiger partial charge is 0.138 e. The van der Waals surface area contributed by atoms with Gasteiger partial charge in [-0.1, -0.05) is 6.92 Å². The molecule has 1 aliphatic rings. The second kappa shape index (κ2) is 5.60. The topological polar surface area (TPSA) is 66.0 Å². The van der Waals surface area contributed by atoms with Crippen molar-refractivity contribution in [3.8, 4) is 0 Å². The van der Waals surface area contributed by atoms with E-state index >= 15 is 0 Å². The van der Waals surface area contributed by atoms with E-state index in [1.165, 1.54) is 0 Å². The number of nitrogens with two attached hydrogens (primary N) is 1. The Labute approximate surface area is 102 Å². The minimum Gasteiger partial charge on any atom is -0.381 e. The fraction of sp³-hybridized carbons (Fsp3) is 0.833. The summed E-state index contributed by atoms with van der Waals surface area (Å²) in [5.41, 5.74) is 6.32. The van der Waals surface area contributed by atoms with E-state index in [4.69, 9.17) is 10.5 Å². The molecule has 1 aromatic rings. The van der Waals surface area contributed by atoms with Crippen molar-refractivity contribution in [1.29, 1.82) is 0 Å². The van der Waals surface area contributed by atoms with E-state index in [1.807, 2.05) is 4.68 Å². The number of hydrogen-bond acceptors (Lipinski definition) is 4. The first kappa shape index (κ1) is 12.5. The number of hydrogen-bond donors (Lipinski definition) is 1. The van der Waals surface area contributed by atoms with Crippen molar-refractivity contribution in [3.05, 3.63) is 12.2 Å². The Bertz CT molecular complexity index is 352. The maximum atomic E-state index is 6.32. The van der Waals surface area contributed by atoms with Crippen LogP contribution >= 0.6 is 0 Å². The minimum atomic E-state index is 0.156. The quantitative estimate of drug-likeness (QED) is 0.844. The lowest BCUT2D eigenvalue weighted by Gasteiger charge is -2.33. The van der Waals surface area contributed by atoms with Crippen molar-refractivity contribution in [2.75, 3.05) is 13.2 Å². The Morgan fingerprint density at radius 2 is 2.47 bits per heavy atom. The second-order valence-electron chi connectivity index (χ2n) is 4.86. The summed E-state index contributed by atoms with van der Waals surface area (Å²) in [6.45, 7) is 6.81. The zero-order valence-corrected chi connectivity index (χ0v) is 10.7. The fourth-order valence-electron chi connectivity index (χ4n) is 2.61. The lowest BCUT2D eigenvalue weighted by atomic mass is 9.82. The summed E-state index contributed by atoms with van der Waals surface area (Å²) in [6.07, 6.45) is 3.48. The second-order valence-corrected chi connectivity index (χ2v) is 4.86. The van der Waals surface area contributed by atoms with Crippen LogP contribution in [0.2, 0.25) is 0 Å². The molecule has 0 spiro atoms. The molecule has 0 radical (unpaired) electrons. The molecule has 96 valence electrons. The fourth-order valence-corrected chi connectivity index (χ4v) is 2.61. The van der Waals surface area contributed by atoms with Gasteiger partial charge in [0.05, 0.1) is 0 Å². The SMILES string of the molecule is CCn1ncnc1CC(N)C1CCOCC1C. The highest BCUT2D eigenvalue weighted by molar-refractivity contribution is 4.92. The van der Waals surface area contributed by atoms with Gasteiger partial charge < -0.3 is 10.5 Å². The maximum Gasteiger partial charge on any atom is 0.138 e. The molecule has 0 amide bonds. The molecule has 0 saturated carbocycles. The molecule has 1 fully saturated rings. The molecule has 0 bridgehead atoms. The molecule has 5 heteroatoms. The van der Waals surface area contributed by atoms with Crippen molar-refractivity contribution in [2.24, 2.45) is 17.6 Å². The van der Waals surface area contributed by atoms with Crippen LogP contribution in [-0.2, 0) is 17.7 Å². The van der Waals surface area contributed by atoms with Gasteiger partial charge in [-0.3, -0.25) is 4.68 Å². The first-order valence-electron chi connectivity index (χ1n) is 6.42. The molecule has 0 aromatic carbocycles. The standard InChI is InChI=1S/C12H22N4O/c1-3-16-12(14-8-15-16)6-11(13)10-4-5-17-7-9(10)2/h8-11H,3-7,13H2,1-2H3. The van der Waals surface area contributed by atoms with Crippen LogP contribution in [0.25, 0.3) is 0 Å². The molecule has 2 rings (SSSR count). The lowest BCUT2D eigenvalue weighted by Crippen LogP contribution is -2.41. The molecule has 17 heavy (non-hydrogen) atoms. The number of aromatic nitrogens is 3. The molecule has 1 saturated heterocycles. The monoisotopic (exact) mass is 238 g/mol. The van der Waals surface area contributed by atoms with Crippen molar-refractivity contribution < 1.29 is 4.74 Å². The summed E-state index contributed by atoms with van der Waals surface area (Å²) in [5, 5.41) is 4.18. The van der Waals surface area contributed by atoms with Gasteiger partial charge in [0.2, 0.25) is 0 Å². The van der Waals surface area contributed by atoms with Gasteiger partial charge in [-0.15, -0.1) is 0 Å². The van der Waals surface area contributed by atoms with Crippen LogP contribution < -0.4 is 5.73 Å². The van der Waals surface area contributed by atoms with Crippen molar-refractivity contribution in [3.63, 3.8) is 0 Å². The average Bonchev–Trinajstić information content (AvgIpc) is 2.76. The first-order valence-corrected chi connectivity index (χ1v) is 6.42. The van der Waals surface area contributed by atoms with Crippen LogP contribution in [0, 0.1) is 11.8 Å². The predicted octanol–water partition coefficient (Wildman–Crippen LogP) is 0.840. The lowest BCUT2D eigenvalue weighted by molar-refractivity contribution is 0.0154. The molecule has 3 atom stereocenters. The summed E-state index contributed by atoms with van der Waals surface area (Å²) >= 11 is 0. The Kier molecular flexibility index (Phi) is 4.12. The Morgan fingerprint density at radius 3 is 3.18 bits per heavy atom. The zero-order chi connectivity index (χ0) is 12.3. The zero-order valence-electron chi connectivity index (χ0n) is 10.7. The van der Waals surface area contributed by atoms with Crippen LogP contribution in [0.5, 0.6) is 0 Å². The van der Waals surface area contributed by atoms with Crippen LogP contribution in [-0.4, -0.2) is 34.0 Å². The first-order chi connectivity index (χ1) is 8.22. The summed E-state index contributed by atoms with van der Waals surface area (Å²) in [5.74, 6) is 2.07. The molecular weight excluding hydrogens is 216 g/mol. The number of nitrogens with zero attached hydrogens (tertiary/aromatic N) is 3. The van der Waals surface area contributed by atoms with Gasteiger partial charge in [-0.2, -0.15) is 5.10 Å². The molecule has 2 N–H and O–H groups in total. The third kappa shape index (κ3) is 2.84. The summed E-state index contributed by atoms with van der Waals surface area (Å²) in [6, 6.07) is 0.156. The van der Waals surface area contributed by atoms with Gasteiger partial charge in [0.15, 0.2) is 0 Å². The number of aryl methyl sites for hydroxylation is 1. The Hall–Kier alpha value is -0.940. The largest absolute Gasteiger partial charge is 0.381 e. The normalized spacial score (nSPS) is 27.0. The highest BCUT2D eigenvalue weighted by Crippen LogP contribution is 2.25. The average molecular weight is 238 g/mol. The van der Waals surface area contributed by atoms with E-state index in [9.17, 15) is 0 Å². The van der Waals surface area contributed by atoms with Gasteiger partial charge >= 0.3 is 0 Å². The third-order valence-electron chi connectivity index (χ3n) is 3.67. The highest BCUT2D eigenvalue weighted by Gasteiger charge is 2.28. The van der Waals surface area contributed by atoms with E-state index in [0.717, 1.165) is 38.4 Å².